The fourth-order valence-electron chi connectivity index (χ4n) is 2.70. The van der Waals surface area contributed by atoms with Crippen molar-refractivity contribution in [1.82, 2.24) is 0 Å². The second-order valence-electron chi connectivity index (χ2n) is 6.58. The minimum absolute atomic E-state index is 0.0436. The lowest BCUT2D eigenvalue weighted by atomic mass is 10.1. The molecule has 164 valence electrons. The van der Waals surface area contributed by atoms with Gasteiger partial charge in [0.25, 0.3) is 0 Å². The van der Waals surface area contributed by atoms with Crippen molar-refractivity contribution >= 4 is 17.6 Å². The molecule has 3 rings (SSSR count). The summed E-state index contributed by atoms with van der Waals surface area (Å²) in [5, 5.41) is 9.35. The molecule has 0 aliphatic rings. The van der Waals surface area contributed by atoms with Gasteiger partial charge in [0.05, 0.1) is 12.0 Å². The number of hydrogen-bond donors (Lipinski definition) is 1. The molecule has 3 aromatic rings. The van der Waals surface area contributed by atoms with Crippen LogP contribution in [0.4, 0.5) is 13.2 Å². The molecule has 0 saturated heterocycles. The maximum absolute atomic E-state index is 12.6. The Kier molecular flexibility index (Phi) is 7.29. The zero-order valence-corrected chi connectivity index (χ0v) is 17.2. The highest BCUT2D eigenvalue weighted by Crippen LogP contribution is 2.34. The standard InChI is InChI=1S/C24H16ClF3O4/c25-19-10-11-21(22(15-19)32-20-5-1-3-17(13-20)14-23(29)30)31-12-2-4-16-6-8-18(9-7-16)24(26,27)28/h1,3,5-11,13,15H,12,14H2,(H,29,30). The number of alkyl halides is 3. The first kappa shape index (κ1) is 23.0. The highest BCUT2D eigenvalue weighted by molar-refractivity contribution is 6.30. The summed E-state index contributed by atoms with van der Waals surface area (Å²) in [5.74, 6) is 5.58. The van der Waals surface area contributed by atoms with Gasteiger partial charge in [0.1, 0.15) is 12.4 Å². The zero-order valence-electron chi connectivity index (χ0n) is 16.4. The highest BCUT2D eigenvalue weighted by atomic mass is 35.5. The molecule has 0 heterocycles. The smallest absolute Gasteiger partial charge is 0.416 e. The molecular formula is C24H16ClF3O4. The van der Waals surface area contributed by atoms with E-state index in [1.54, 1.807) is 42.5 Å². The molecular weight excluding hydrogens is 445 g/mol. The Bertz CT molecular complexity index is 1160. The highest BCUT2D eigenvalue weighted by Gasteiger charge is 2.29. The molecule has 0 unspecified atom stereocenters. The molecule has 0 radical (unpaired) electrons. The van der Waals surface area contributed by atoms with Crippen LogP contribution in [0.1, 0.15) is 16.7 Å². The third kappa shape index (κ3) is 6.69. The van der Waals surface area contributed by atoms with E-state index in [-0.39, 0.29) is 13.0 Å². The number of benzene rings is 3. The summed E-state index contributed by atoms with van der Waals surface area (Å²) >= 11 is 6.05. The molecule has 0 saturated carbocycles. The number of ether oxygens (including phenoxy) is 2. The lowest BCUT2D eigenvalue weighted by molar-refractivity contribution is -0.138. The van der Waals surface area contributed by atoms with Gasteiger partial charge >= 0.3 is 12.1 Å². The molecule has 4 nitrogen and oxygen atoms in total. The molecule has 0 amide bonds. The van der Waals surface area contributed by atoms with E-state index in [4.69, 9.17) is 26.2 Å². The summed E-state index contributed by atoms with van der Waals surface area (Å²) in [7, 11) is 0. The summed E-state index contributed by atoms with van der Waals surface area (Å²) in [4.78, 5) is 10.9. The lowest BCUT2D eigenvalue weighted by Gasteiger charge is -2.12. The van der Waals surface area contributed by atoms with Gasteiger partial charge in [0.2, 0.25) is 0 Å². The Morgan fingerprint density at radius 2 is 1.75 bits per heavy atom. The Morgan fingerprint density at radius 1 is 1.00 bits per heavy atom. The number of carbonyl (C=O) groups is 1. The van der Waals surface area contributed by atoms with Crippen LogP contribution in [0.5, 0.6) is 17.2 Å². The first-order valence-corrected chi connectivity index (χ1v) is 9.65. The van der Waals surface area contributed by atoms with Crippen LogP contribution in [-0.4, -0.2) is 17.7 Å². The molecule has 0 atom stereocenters. The molecule has 0 spiro atoms. The van der Waals surface area contributed by atoms with Crippen LogP contribution in [-0.2, 0) is 17.4 Å². The van der Waals surface area contributed by atoms with Crippen molar-refractivity contribution in [2.45, 2.75) is 12.6 Å². The minimum Gasteiger partial charge on any atom is -0.481 e. The average Bonchev–Trinajstić information content (AvgIpc) is 2.72. The van der Waals surface area contributed by atoms with Gasteiger partial charge in [-0.15, -0.1) is 0 Å². The van der Waals surface area contributed by atoms with Crippen molar-refractivity contribution in [2.24, 2.45) is 0 Å². The maximum atomic E-state index is 12.6. The fourth-order valence-corrected chi connectivity index (χ4v) is 2.86. The second kappa shape index (κ2) is 10.1. The van der Waals surface area contributed by atoms with Crippen LogP contribution in [0.15, 0.2) is 66.7 Å². The van der Waals surface area contributed by atoms with Gasteiger partial charge in [0.15, 0.2) is 11.5 Å². The molecule has 0 aromatic heterocycles. The molecule has 3 aromatic carbocycles. The van der Waals surface area contributed by atoms with Crippen LogP contribution in [0.25, 0.3) is 0 Å². The first-order valence-electron chi connectivity index (χ1n) is 9.28. The summed E-state index contributed by atoms with van der Waals surface area (Å²) in [5.41, 5.74) is 0.251. The second-order valence-corrected chi connectivity index (χ2v) is 7.01. The van der Waals surface area contributed by atoms with Crippen LogP contribution in [0.2, 0.25) is 5.02 Å². The maximum Gasteiger partial charge on any atom is 0.416 e. The molecule has 1 N–H and O–H groups in total. The first-order chi connectivity index (χ1) is 15.2. The fraction of sp³-hybridized carbons (Fsp3) is 0.125. The van der Waals surface area contributed by atoms with Gasteiger partial charge < -0.3 is 14.6 Å². The van der Waals surface area contributed by atoms with E-state index < -0.39 is 17.7 Å². The van der Waals surface area contributed by atoms with Crippen molar-refractivity contribution in [3.63, 3.8) is 0 Å². The van der Waals surface area contributed by atoms with E-state index >= 15 is 0 Å². The number of aliphatic carboxylic acids is 1. The summed E-state index contributed by atoms with van der Waals surface area (Å²) < 4.78 is 49.3. The van der Waals surface area contributed by atoms with Crippen molar-refractivity contribution in [1.29, 1.82) is 0 Å². The van der Waals surface area contributed by atoms with Gasteiger partial charge in [-0.05, 0) is 54.1 Å². The quantitative estimate of drug-likeness (QED) is 0.444. The van der Waals surface area contributed by atoms with Crippen LogP contribution < -0.4 is 9.47 Å². The van der Waals surface area contributed by atoms with Crippen molar-refractivity contribution in [3.05, 3.63) is 88.4 Å². The van der Waals surface area contributed by atoms with Crippen molar-refractivity contribution in [2.75, 3.05) is 6.61 Å². The van der Waals surface area contributed by atoms with E-state index in [9.17, 15) is 18.0 Å². The van der Waals surface area contributed by atoms with Crippen molar-refractivity contribution in [3.8, 4) is 29.1 Å². The third-order valence-corrected chi connectivity index (χ3v) is 4.37. The Morgan fingerprint density at radius 3 is 2.44 bits per heavy atom. The van der Waals surface area contributed by atoms with E-state index in [2.05, 4.69) is 11.8 Å². The number of hydrogen-bond acceptors (Lipinski definition) is 3. The molecule has 0 aliphatic carbocycles. The van der Waals surface area contributed by atoms with Crippen molar-refractivity contribution < 1.29 is 32.5 Å². The minimum atomic E-state index is -4.40. The number of carboxylic acids is 1. The Balaban J connectivity index is 1.69. The topological polar surface area (TPSA) is 55.8 Å². The largest absolute Gasteiger partial charge is 0.481 e. The molecule has 32 heavy (non-hydrogen) atoms. The Hall–Kier alpha value is -3.63. The van der Waals surface area contributed by atoms with E-state index in [0.717, 1.165) is 12.1 Å². The lowest BCUT2D eigenvalue weighted by Crippen LogP contribution is -2.04. The molecule has 8 heteroatoms. The zero-order chi connectivity index (χ0) is 23.1. The predicted octanol–water partition coefficient (Wildman–Crippen LogP) is 6.21. The van der Waals surface area contributed by atoms with Gasteiger partial charge in [0, 0.05) is 16.7 Å². The van der Waals surface area contributed by atoms with E-state index in [1.165, 1.54) is 12.1 Å². The summed E-state index contributed by atoms with van der Waals surface area (Å²) in [6.07, 6.45) is -4.54. The molecule has 0 aliphatic heterocycles. The monoisotopic (exact) mass is 460 g/mol. The van der Waals surface area contributed by atoms with E-state index in [0.29, 0.717) is 33.4 Å². The van der Waals surface area contributed by atoms with Crippen LogP contribution in [0.3, 0.4) is 0 Å². The number of halogens is 4. The van der Waals surface area contributed by atoms with Gasteiger partial charge in [-0.3, -0.25) is 4.79 Å². The van der Waals surface area contributed by atoms with Gasteiger partial charge in [-0.2, -0.15) is 13.2 Å². The number of rotatable bonds is 6. The molecule has 0 bridgehead atoms. The average molecular weight is 461 g/mol. The van der Waals surface area contributed by atoms with E-state index in [1.807, 2.05) is 0 Å². The van der Waals surface area contributed by atoms with Gasteiger partial charge in [-0.1, -0.05) is 35.6 Å². The van der Waals surface area contributed by atoms with Crippen LogP contribution in [0, 0.1) is 11.8 Å². The summed E-state index contributed by atoms with van der Waals surface area (Å²) in [6, 6.07) is 15.9. The normalized spacial score (nSPS) is 10.8. The van der Waals surface area contributed by atoms with Crippen LogP contribution >= 0.6 is 11.6 Å². The number of carboxylic acid groups (broad SMARTS) is 1. The Labute approximate surface area is 187 Å². The molecule has 0 fully saturated rings. The third-order valence-electron chi connectivity index (χ3n) is 4.13. The summed E-state index contributed by atoms with van der Waals surface area (Å²) in [6.45, 7) is -0.0436. The predicted molar refractivity (Wildman–Crippen MR) is 113 cm³/mol. The SMILES string of the molecule is O=C(O)Cc1cccc(Oc2cc(Cl)ccc2OCC#Cc2ccc(C(F)(F)F)cc2)c1. The van der Waals surface area contributed by atoms with Gasteiger partial charge in [-0.25, -0.2) is 0 Å².